The Bertz CT molecular complexity index is 1060. The molecule has 0 saturated carbocycles. The molecule has 0 bridgehead atoms. The normalized spacial score (nSPS) is 19.3. The fourth-order valence-electron chi connectivity index (χ4n) is 3.64. The predicted octanol–water partition coefficient (Wildman–Crippen LogP) is 5.87. The topological polar surface area (TPSA) is 55.8 Å². The molecule has 1 N–H and O–H groups in total. The molecule has 148 valence electrons. The van der Waals surface area contributed by atoms with Gasteiger partial charge in [0.25, 0.3) is 0 Å². The zero-order chi connectivity index (χ0) is 20.8. The first-order valence-electron chi connectivity index (χ1n) is 9.66. The number of allylic oxidation sites excluding steroid dienone is 2. The zero-order valence-corrected chi connectivity index (χ0v) is 16.9. The molecule has 4 rings (SSSR count). The minimum atomic E-state index is -0.545. The number of phenolic OH excluding ortho intramolecular Hbond substituents is 1. The van der Waals surface area contributed by atoms with Crippen molar-refractivity contribution in [1.82, 2.24) is 0 Å². The van der Waals surface area contributed by atoms with Crippen molar-refractivity contribution in [2.75, 3.05) is 0 Å². The largest absolute Gasteiger partial charge is 0.506 e. The van der Waals surface area contributed by atoms with Gasteiger partial charge in [0.2, 0.25) is 0 Å². The molecule has 0 aromatic heterocycles. The van der Waals surface area contributed by atoms with Gasteiger partial charge in [0.15, 0.2) is 5.78 Å². The first-order chi connectivity index (χ1) is 13.8. The highest BCUT2D eigenvalue weighted by Crippen LogP contribution is 2.51. The molecule has 2 aromatic carbocycles. The molecule has 2 aliphatic heterocycles. The standard InChI is InChI=1S/C25H24O4/c1-15(2)10-11-17-22(27)21-19(26)14-20(16-8-6-5-7-9-16)28-24(21)18-12-13-25(3,4)29-23(17)18/h5-13,20,27H,1,14H2,2-4H3/t20-/m0/s1. The summed E-state index contributed by atoms with van der Waals surface area (Å²) in [5.41, 5.74) is 2.56. The van der Waals surface area contributed by atoms with Gasteiger partial charge in [-0.2, -0.15) is 0 Å². The van der Waals surface area contributed by atoms with Crippen LogP contribution in [0.5, 0.6) is 17.2 Å². The van der Waals surface area contributed by atoms with Crippen molar-refractivity contribution in [3.05, 3.63) is 76.9 Å². The van der Waals surface area contributed by atoms with E-state index in [1.54, 1.807) is 12.2 Å². The van der Waals surface area contributed by atoms with Crippen LogP contribution in [-0.2, 0) is 0 Å². The Balaban J connectivity index is 1.92. The summed E-state index contributed by atoms with van der Waals surface area (Å²) in [5.74, 6) is 0.622. The van der Waals surface area contributed by atoms with E-state index in [0.717, 1.165) is 11.1 Å². The minimum absolute atomic E-state index is 0.112. The number of carbonyl (C=O) groups is 1. The Morgan fingerprint density at radius 3 is 2.66 bits per heavy atom. The third kappa shape index (κ3) is 3.46. The van der Waals surface area contributed by atoms with Crippen molar-refractivity contribution < 1.29 is 19.4 Å². The molecular weight excluding hydrogens is 364 g/mol. The molecule has 0 spiro atoms. The lowest BCUT2D eigenvalue weighted by molar-refractivity contribution is 0.0841. The summed E-state index contributed by atoms with van der Waals surface area (Å²) in [7, 11) is 0. The number of rotatable bonds is 3. The van der Waals surface area contributed by atoms with Crippen molar-refractivity contribution in [3.63, 3.8) is 0 Å². The van der Waals surface area contributed by atoms with E-state index in [9.17, 15) is 9.90 Å². The highest BCUT2D eigenvalue weighted by molar-refractivity contribution is 6.06. The van der Waals surface area contributed by atoms with Crippen molar-refractivity contribution in [2.45, 2.75) is 38.9 Å². The lowest BCUT2D eigenvalue weighted by Crippen LogP contribution is -2.29. The maximum Gasteiger partial charge on any atom is 0.174 e. The van der Waals surface area contributed by atoms with Gasteiger partial charge in [-0.1, -0.05) is 48.6 Å². The van der Waals surface area contributed by atoms with E-state index >= 15 is 0 Å². The quantitative estimate of drug-likeness (QED) is 0.668. The molecule has 2 heterocycles. The van der Waals surface area contributed by atoms with E-state index in [1.165, 1.54) is 0 Å². The molecule has 0 radical (unpaired) electrons. The number of carbonyl (C=O) groups excluding carboxylic acids is 1. The number of hydrogen-bond acceptors (Lipinski definition) is 4. The molecule has 4 heteroatoms. The summed E-state index contributed by atoms with van der Waals surface area (Å²) in [6.07, 6.45) is 7.14. The third-order valence-electron chi connectivity index (χ3n) is 5.08. The average Bonchev–Trinajstić information content (AvgIpc) is 2.67. The fraction of sp³-hybridized carbons (Fsp3) is 0.240. The number of Topliss-reactive ketones (excluding diaryl/α,β-unsaturated/α-hetero) is 1. The molecule has 4 nitrogen and oxygen atoms in total. The third-order valence-corrected chi connectivity index (χ3v) is 5.08. The van der Waals surface area contributed by atoms with Crippen LogP contribution < -0.4 is 9.47 Å². The average molecular weight is 388 g/mol. The van der Waals surface area contributed by atoms with Gasteiger partial charge in [0, 0.05) is 0 Å². The summed E-state index contributed by atoms with van der Waals surface area (Å²) >= 11 is 0. The first kappa shape index (κ1) is 19.1. The Kier molecular flexibility index (Phi) is 4.58. The van der Waals surface area contributed by atoms with Crippen LogP contribution in [0.15, 0.2) is 54.6 Å². The van der Waals surface area contributed by atoms with E-state index in [2.05, 4.69) is 6.58 Å². The molecular formula is C25H24O4. The number of phenols is 1. The van der Waals surface area contributed by atoms with E-state index < -0.39 is 11.7 Å². The highest BCUT2D eigenvalue weighted by Gasteiger charge is 2.37. The summed E-state index contributed by atoms with van der Waals surface area (Å²) in [5, 5.41) is 11.0. The van der Waals surface area contributed by atoms with Crippen molar-refractivity contribution in [3.8, 4) is 17.2 Å². The number of hydrogen-bond donors (Lipinski definition) is 1. The van der Waals surface area contributed by atoms with Gasteiger partial charge in [-0.05, 0) is 44.6 Å². The second kappa shape index (κ2) is 6.96. The number of ketones is 1. The SMILES string of the molecule is C=C(C)C=Cc1c(O)c2c(c3c1OC(C)(C)C=C3)O[C@H](c1ccccc1)CC2=O. The van der Waals surface area contributed by atoms with Gasteiger partial charge in [-0.25, -0.2) is 0 Å². The fourth-order valence-corrected chi connectivity index (χ4v) is 3.64. The predicted molar refractivity (Wildman–Crippen MR) is 114 cm³/mol. The monoisotopic (exact) mass is 388 g/mol. The molecule has 2 aromatic rings. The molecule has 0 fully saturated rings. The maximum atomic E-state index is 13.0. The zero-order valence-electron chi connectivity index (χ0n) is 16.9. The van der Waals surface area contributed by atoms with Crippen molar-refractivity contribution in [1.29, 1.82) is 0 Å². The lowest BCUT2D eigenvalue weighted by atomic mass is 9.89. The van der Waals surface area contributed by atoms with Crippen LogP contribution in [0.2, 0.25) is 0 Å². The van der Waals surface area contributed by atoms with Gasteiger partial charge in [0.1, 0.15) is 34.5 Å². The first-order valence-corrected chi connectivity index (χ1v) is 9.66. The van der Waals surface area contributed by atoms with E-state index in [-0.39, 0.29) is 23.5 Å². The van der Waals surface area contributed by atoms with Crippen molar-refractivity contribution >= 4 is 17.9 Å². The van der Waals surface area contributed by atoms with Crippen LogP contribution in [0, 0.1) is 0 Å². The summed E-state index contributed by atoms with van der Waals surface area (Å²) in [6.45, 7) is 9.61. The Labute approximate surface area is 170 Å². The van der Waals surface area contributed by atoms with E-state index in [4.69, 9.17) is 9.47 Å². The number of ether oxygens (including phenoxy) is 2. The van der Waals surface area contributed by atoms with Crippen LogP contribution in [0.1, 0.15) is 60.3 Å². The van der Waals surface area contributed by atoms with Crippen molar-refractivity contribution in [2.24, 2.45) is 0 Å². The van der Waals surface area contributed by atoms with Gasteiger partial charge in [-0.15, -0.1) is 0 Å². The molecule has 0 aliphatic carbocycles. The summed E-state index contributed by atoms with van der Waals surface area (Å²) in [4.78, 5) is 13.0. The minimum Gasteiger partial charge on any atom is -0.506 e. The number of fused-ring (bicyclic) bond motifs is 3. The van der Waals surface area contributed by atoms with Crippen LogP contribution in [-0.4, -0.2) is 16.5 Å². The second-order valence-electron chi connectivity index (χ2n) is 8.07. The maximum absolute atomic E-state index is 13.0. The smallest absolute Gasteiger partial charge is 0.174 e. The molecule has 0 amide bonds. The molecule has 0 saturated heterocycles. The Hall–Kier alpha value is -3.27. The van der Waals surface area contributed by atoms with Gasteiger partial charge in [-0.3, -0.25) is 4.79 Å². The highest BCUT2D eigenvalue weighted by atomic mass is 16.5. The van der Waals surface area contributed by atoms with Crippen LogP contribution in [0.4, 0.5) is 0 Å². The van der Waals surface area contributed by atoms with Crippen LogP contribution >= 0.6 is 0 Å². The number of aromatic hydroxyl groups is 1. The second-order valence-corrected chi connectivity index (χ2v) is 8.07. The molecule has 2 aliphatic rings. The molecule has 29 heavy (non-hydrogen) atoms. The Morgan fingerprint density at radius 2 is 1.97 bits per heavy atom. The van der Waals surface area contributed by atoms with Crippen LogP contribution in [0.3, 0.4) is 0 Å². The molecule has 0 unspecified atom stereocenters. The van der Waals surface area contributed by atoms with Crippen LogP contribution in [0.25, 0.3) is 12.2 Å². The van der Waals surface area contributed by atoms with E-state index in [1.807, 2.05) is 63.3 Å². The van der Waals surface area contributed by atoms with Gasteiger partial charge >= 0.3 is 0 Å². The van der Waals surface area contributed by atoms with E-state index in [0.29, 0.717) is 22.6 Å². The Morgan fingerprint density at radius 1 is 1.24 bits per heavy atom. The molecule has 1 atom stereocenters. The summed E-state index contributed by atoms with van der Waals surface area (Å²) < 4.78 is 12.4. The number of benzene rings is 2. The van der Waals surface area contributed by atoms with Gasteiger partial charge < -0.3 is 14.6 Å². The summed E-state index contributed by atoms with van der Waals surface area (Å²) in [6, 6.07) is 9.64. The van der Waals surface area contributed by atoms with Gasteiger partial charge in [0.05, 0.1) is 17.5 Å². The lowest BCUT2D eigenvalue weighted by Gasteiger charge is -2.34.